The predicted octanol–water partition coefficient (Wildman–Crippen LogP) is 2.56. The third kappa shape index (κ3) is 3.21. The second kappa shape index (κ2) is 6.48. The van der Waals surface area contributed by atoms with Gasteiger partial charge in [0.05, 0.1) is 0 Å². The van der Waals surface area contributed by atoms with Crippen LogP contribution < -0.4 is 5.73 Å². The highest BCUT2D eigenvalue weighted by Gasteiger charge is 2.26. The molecule has 1 atom stereocenters. The fourth-order valence-corrected chi connectivity index (χ4v) is 3.85. The normalized spacial score (nSPS) is 24.8. The molecule has 1 unspecified atom stereocenters. The Morgan fingerprint density at radius 2 is 2.00 bits per heavy atom. The van der Waals surface area contributed by atoms with E-state index in [0.717, 1.165) is 32.5 Å². The van der Waals surface area contributed by atoms with Crippen molar-refractivity contribution in [3.8, 4) is 0 Å². The zero-order valence-corrected chi connectivity index (χ0v) is 12.5. The average Bonchev–Trinajstić information content (AvgIpc) is 2.55. The van der Waals surface area contributed by atoms with Gasteiger partial charge >= 0.3 is 0 Å². The fourth-order valence-electron chi connectivity index (χ4n) is 3.85. The molecule has 1 aromatic rings. The van der Waals surface area contributed by atoms with Crippen molar-refractivity contribution in [3.05, 3.63) is 35.4 Å². The van der Waals surface area contributed by atoms with E-state index >= 15 is 0 Å². The molecule has 4 heteroatoms. The monoisotopic (exact) mass is 287 g/mol. The van der Waals surface area contributed by atoms with E-state index in [2.05, 4.69) is 34.3 Å². The van der Waals surface area contributed by atoms with Crippen molar-refractivity contribution >= 4 is 5.84 Å². The molecule has 1 heterocycles. The van der Waals surface area contributed by atoms with Crippen LogP contribution in [0.15, 0.2) is 29.4 Å². The van der Waals surface area contributed by atoms with E-state index in [-0.39, 0.29) is 5.92 Å². The van der Waals surface area contributed by atoms with Crippen LogP contribution >= 0.6 is 0 Å². The molecule has 1 aliphatic carbocycles. The molecule has 1 aliphatic heterocycles. The van der Waals surface area contributed by atoms with Gasteiger partial charge in [-0.25, -0.2) is 0 Å². The van der Waals surface area contributed by atoms with Gasteiger partial charge in [0.25, 0.3) is 0 Å². The summed E-state index contributed by atoms with van der Waals surface area (Å²) in [5.74, 6) is 1.33. The Morgan fingerprint density at radius 3 is 2.76 bits per heavy atom. The lowest BCUT2D eigenvalue weighted by molar-refractivity contribution is 0.190. The van der Waals surface area contributed by atoms with Crippen molar-refractivity contribution in [2.24, 2.45) is 16.8 Å². The number of nitrogens with zero attached hydrogens (tertiary/aromatic N) is 2. The minimum atomic E-state index is 0.255. The number of fused-ring (bicyclic) bond motifs is 1. The van der Waals surface area contributed by atoms with Crippen LogP contribution in [0.2, 0.25) is 0 Å². The molecular weight excluding hydrogens is 262 g/mol. The van der Waals surface area contributed by atoms with Gasteiger partial charge in [-0.1, -0.05) is 29.4 Å². The van der Waals surface area contributed by atoms with E-state index in [4.69, 9.17) is 10.9 Å². The molecular formula is C17H25N3O. The lowest BCUT2D eigenvalue weighted by Gasteiger charge is -2.35. The molecule has 1 saturated heterocycles. The molecule has 0 saturated carbocycles. The third-order valence-corrected chi connectivity index (χ3v) is 5.09. The maximum Gasteiger partial charge on any atom is 0.142 e. The zero-order valence-electron chi connectivity index (χ0n) is 12.5. The van der Waals surface area contributed by atoms with Crippen molar-refractivity contribution in [1.82, 2.24) is 4.90 Å². The minimum Gasteiger partial charge on any atom is -0.409 e. The summed E-state index contributed by atoms with van der Waals surface area (Å²) in [5, 5.41) is 11.9. The van der Waals surface area contributed by atoms with Crippen LogP contribution in [0.5, 0.6) is 0 Å². The quantitative estimate of drug-likeness (QED) is 0.389. The van der Waals surface area contributed by atoms with E-state index in [1.807, 2.05) is 0 Å². The summed E-state index contributed by atoms with van der Waals surface area (Å²) >= 11 is 0. The Balaban J connectivity index is 1.59. The van der Waals surface area contributed by atoms with E-state index in [0.29, 0.717) is 11.8 Å². The SMILES string of the molecule is NC(=NO)C1CCN(CC2CCCc3ccccc32)CC1. The van der Waals surface area contributed by atoms with Crippen LogP contribution in [-0.2, 0) is 6.42 Å². The van der Waals surface area contributed by atoms with Crippen molar-refractivity contribution in [2.75, 3.05) is 19.6 Å². The van der Waals surface area contributed by atoms with Crippen molar-refractivity contribution in [2.45, 2.75) is 38.0 Å². The largest absolute Gasteiger partial charge is 0.409 e. The fraction of sp³-hybridized carbons (Fsp3) is 0.588. The van der Waals surface area contributed by atoms with Gasteiger partial charge in [0.15, 0.2) is 0 Å². The summed E-state index contributed by atoms with van der Waals surface area (Å²) in [6.07, 6.45) is 5.85. The Morgan fingerprint density at radius 1 is 1.24 bits per heavy atom. The number of piperidine rings is 1. The van der Waals surface area contributed by atoms with Gasteiger partial charge < -0.3 is 15.8 Å². The Hall–Kier alpha value is -1.55. The first-order chi connectivity index (χ1) is 10.3. The molecule has 3 N–H and O–H groups in total. The lowest BCUT2D eigenvalue weighted by Crippen LogP contribution is -2.40. The maximum atomic E-state index is 8.77. The molecule has 0 aromatic heterocycles. The number of rotatable bonds is 3. The first-order valence-electron chi connectivity index (χ1n) is 8.05. The van der Waals surface area contributed by atoms with Gasteiger partial charge in [-0.3, -0.25) is 0 Å². The average molecular weight is 287 g/mol. The summed E-state index contributed by atoms with van der Waals surface area (Å²) in [4.78, 5) is 2.55. The highest BCUT2D eigenvalue weighted by atomic mass is 16.4. The number of aryl methyl sites for hydroxylation is 1. The lowest BCUT2D eigenvalue weighted by atomic mass is 9.82. The van der Waals surface area contributed by atoms with Crippen molar-refractivity contribution in [3.63, 3.8) is 0 Å². The smallest absolute Gasteiger partial charge is 0.142 e. The number of likely N-dealkylation sites (tertiary alicyclic amines) is 1. The van der Waals surface area contributed by atoms with Crippen LogP contribution in [0.4, 0.5) is 0 Å². The number of hydrogen-bond acceptors (Lipinski definition) is 3. The second-order valence-corrected chi connectivity index (χ2v) is 6.39. The number of hydrogen-bond donors (Lipinski definition) is 2. The van der Waals surface area contributed by atoms with Gasteiger partial charge in [-0.05, 0) is 62.2 Å². The predicted molar refractivity (Wildman–Crippen MR) is 84.7 cm³/mol. The molecule has 114 valence electrons. The molecule has 3 rings (SSSR count). The first kappa shape index (κ1) is 14.4. The van der Waals surface area contributed by atoms with Crippen LogP contribution in [0.3, 0.4) is 0 Å². The standard InChI is InChI=1S/C17H25N3O/c18-17(19-21)14-8-10-20(11-9-14)12-15-6-3-5-13-4-1-2-7-16(13)15/h1-2,4,7,14-15,21H,3,5-6,8-12H2,(H2,18,19). The zero-order chi connectivity index (χ0) is 14.7. The molecule has 0 spiro atoms. The van der Waals surface area contributed by atoms with Gasteiger partial charge in [0.2, 0.25) is 0 Å². The van der Waals surface area contributed by atoms with Crippen LogP contribution in [-0.4, -0.2) is 35.6 Å². The summed E-state index contributed by atoms with van der Waals surface area (Å²) < 4.78 is 0. The van der Waals surface area contributed by atoms with Gasteiger partial charge in [-0.2, -0.15) is 0 Å². The summed E-state index contributed by atoms with van der Waals surface area (Å²) in [6, 6.07) is 8.92. The van der Waals surface area contributed by atoms with Crippen molar-refractivity contribution in [1.29, 1.82) is 0 Å². The third-order valence-electron chi connectivity index (χ3n) is 5.09. The van der Waals surface area contributed by atoms with Crippen LogP contribution in [0, 0.1) is 5.92 Å². The first-order valence-corrected chi connectivity index (χ1v) is 8.05. The van der Waals surface area contributed by atoms with Crippen LogP contribution in [0.25, 0.3) is 0 Å². The molecule has 0 bridgehead atoms. The number of benzene rings is 1. The van der Waals surface area contributed by atoms with E-state index < -0.39 is 0 Å². The topological polar surface area (TPSA) is 61.9 Å². The molecule has 4 nitrogen and oxygen atoms in total. The van der Waals surface area contributed by atoms with Crippen LogP contribution in [0.1, 0.15) is 42.7 Å². The van der Waals surface area contributed by atoms with Gasteiger partial charge in [0.1, 0.15) is 5.84 Å². The summed E-state index contributed by atoms with van der Waals surface area (Å²) in [7, 11) is 0. The van der Waals surface area contributed by atoms with Crippen molar-refractivity contribution < 1.29 is 5.21 Å². The highest BCUT2D eigenvalue weighted by molar-refractivity contribution is 5.82. The van der Waals surface area contributed by atoms with E-state index in [1.54, 1.807) is 11.1 Å². The maximum absolute atomic E-state index is 8.77. The summed E-state index contributed by atoms with van der Waals surface area (Å²) in [6.45, 7) is 3.26. The van der Waals surface area contributed by atoms with E-state index in [1.165, 1.54) is 19.3 Å². The molecule has 2 aliphatic rings. The molecule has 0 radical (unpaired) electrons. The molecule has 1 fully saturated rings. The Labute approximate surface area is 126 Å². The van der Waals surface area contributed by atoms with Gasteiger partial charge in [-0.15, -0.1) is 0 Å². The molecule has 0 amide bonds. The summed E-state index contributed by atoms with van der Waals surface area (Å²) in [5.41, 5.74) is 8.82. The Bertz CT molecular complexity index is 507. The molecule has 21 heavy (non-hydrogen) atoms. The highest BCUT2D eigenvalue weighted by Crippen LogP contribution is 2.32. The molecule has 1 aromatic carbocycles. The van der Waals surface area contributed by atoms with E-state index in [9.17, 15) is 0 Å². The second-order valence-electron chi connectivity index (χ2n) is 6.39. The Kier molecular flexibility index (Phi) is 4.44. The number of oxime groups is 1. The minimum absolute atomic E-state index is 0.255. The number of amidine groups is 1. The number of nitrogens with two attached hydrogens (primary N) is 1. The van der Waals surface area contributed by atoms with Gasteiger partial charge in [0, 0.05) is 12.5 Å².